The lowest BCUT2D eigenvalue weighted by Crippen LogP contribution is -2.24. The fraction of sp³-hybridized carbons (Fsp3) is 0.778. The summed E-state index contributed by atoms with van der Waals surface area (Å²) in [5.74, 6) is 1.56. The Balaban J connectivity index is 1.91. The third kappa shape index (κ3) is 2.79. The Labute approximate surface area is 93.6 Å². The first-order chi connectivity index (χ1) is 7.59. The Hall–Kier alpha value is -0.950. The molecule has 0 spiro atoms. The third-order valence-electron chi connectivity index (χ3n) is 2.79. The molecule has 0 aliphatic carbocycles. The summed E-state index contributed by atoms with van der Waals surface area (Å²) in [6, 6.07) is 0. The first-order valence-corrected chi connectivity index (χ1v) is 7.04. The summed E-state index contributed by atoms with van der Waals surface area (Å²) < 4.78 is 27.2. The van der Waals surface area contributed by atoms with Crippen LogP contribution in [0.5, 0.6) is 0 Å². The molecule has 0 bridgehead atoms. The quantitative estimate of drug-likeness (QED) is 0.802. The van der Waals surface area contributed by atoms with Crippen molar-refractivity contribution < 1.29 is 18.0 Å². The summed E-state index contributed by atoms with van der Waals surface area (Å²) in [6.45, 7) is -0.258. The molecular weight excluding hydrogens is 232 g/mol. The third-order valence-corrected chi connectivity index (χ3v) is 4.51. The van der Waals surface area contributed by atoms with Crippen LogP contribution in [-0.2, 0) is 22.9 Å². The van der Waals surface area contributed by atoms with Gasteiger partial charge in [-0.15, -0.1) is 0 Å². The van der Waals surface area contributed by atoms with Gasteiger partial charge >= 0.3 is 0 Å². The van der Waals surface area contributed by atoms with Crippen LogP contribution in [0.15, 0.2) is 4.52 Å². The second-order valence-corrected chi connectivity index (χ2v) is 6.37. The van der Waals surface area contributed by atoms with Gasteiger partial charge in [0.1, 0.15) is 16.4 Å². The van der Waals surface area contributed by atoms with Crippen LogP contribution in [-0.4, -0.2) is 35.2 Å². The van der Waals surface area contributed by atoms with Crippen molar-refractivity contribution in [2.24, 2.45) is 5.92 Å². The first kappa shape index (κ1) is 11.5. The fourth-order valence-electron chi connectivity index (χ4n) is 1.84. The Morgan fingerprint density at radius 3 is 2.62 bits per heavy atom. The van der Waals surface area contributed by atoms with Crippen molar-refractivity contribution in [1.29, 1.82) is 0 Å². The smallest absolute Gasteiger partial charge is 0.252 e. The molecule has 7 heteroatoms. The zero-order valence-corrected chi connectivity index (χ0v) is 9.61. The van der Waals surface area contributed by atoms with Gasteiger partial charge in [0, 0.05) is 6.42 Å². The van der Waals surface area contributed by atoms with Gasteiger partial charge in [-0.05, 0) is 18.8 Å². The number of nitrogens with zero attached hydrogens (tertiary/aromatic N) is 2. The molecule has 1 saturated heterocycles. The van der Waals surface area contributed by atoms with Crippen molar-refractivity contribution in [3.05, 3.63) is 11.7 Å². The molecule has 0 saturated carbocycles. The van der Waals surface area contributed by atoms with Gasteiger partial charge in [-0.1, -0.05) is 5.16 Å². The van der Waals surface area contributed by atoms with Crippen molar-refractivity contribution in [3.8, 4) is 0 Å². The van der Waals surface area contributed by atoms with E-state index in [2.05, 4.69) is 10.1 Å². The number of rotatable bonds is 3. The largest absolute Gasteiger partial charge is 0.387 e. The van der Waals surface area contributed by atoms with Crippen LogP contribution < -0.4 is 0 Å². The number of hydrogen-bond donors (Lipinski definition) is 1. The predicted molar refractivity (Wildman–Crippen MR) is 55.3 cm³/mol. The van der Waals surface area contributed by atoms with E-state index in [-0.39, 0.29) is 24.0 Å². The summed E-state index contributed by atoms with van der Waals surface area (Å²) in [5, 5.41) is 12.5. The molecule has 0 atom stereocenters. The van der Waals surface area contributed by atoms with E-state index in [9.17, 15) is 8.42 Å². The number of hydrogen-bond acceptors (Lipinski definition) is 6. The highest BCUT2D eigenvalue weighted by Crippen LogP contribution is 2.21. The molecule has 16 heavy (non-hydrogen) atoms. The maximum absolute atomic E-state index is 11.2. The highest BCUT2D eigenvalue weighted by atomic mass is 32.2. The van der Waals surface area contributed by atoms with Gasteiger partial charge in [-0.25, -0.2) is 8.42 Å². The second-order valence-electron chi connectivity index (χ2n) is 4.06. The zero-order valence-electron chi connectivity index (χ0n) is 8.79. The number of sulfone groups is 1. The molecule has 1 N–H and O–H groups in total. The van der Waals surface area contributed by atoms with E-state index in [1.807, 2.05) is 0 Å². The Kier molecular flexibility index (Phi) is 3.25. The average molecular weight is 246 g/mol. The summed E-state index contributed by atoms with van der Waals surface area (Å²) in [4.78, 5) is 3.98. The van der Waals surface area contributed by atoms with Crippen molar-refractivity contribution in [1.82, 2.24) is 10.1 Å². The minimum Gasteiger partial charge on any atom is -0.387 e. The highest BCUT2D eigenvalue weighted by molar-refractivity contribution is 7.91. The zero-order chi connectivity index (χ0) is 11.6. The van der Waals surface area contributed by atoms with E-state index in [4.69, 9.17) is 9.63 Å². The molecule has 1 fully saturated rings. The molecule has 2 rings (SSSR count). The van der Waals surface area contributed by atoms with Crippen molar-refractivity contribution in [3.63, 3.8) is 0 Å². The van der Waals surface area contributed by atoms with Gasteiger partial charge < -0.3 is 9.63 Å². The number of aliphatic hydroxyl groups excluding tert-OH is 1. The van der Waals surface area contributed by atoms with Crippen LogP contribution in [0.25, 0.3) is 0 Å². The van der Waals surface area contributed by atoms with Crippen LogP contribution in [0.2, 0.25) is 0 Å². The molecule has 90 valence electrons. The molecule has 1 aromatic rings. The van der Waals surface area contributed by atoms with Crippen LogP contribution in [0, 0.1) is 5.92 Å². The predicted octanol–water partition coefficient (Wildman–Crippen LogP) is -0.0708. The minimum absolute atomic E-state index is 0.207. The molecule has 1 aliphatic heterocycles. The van der Waals surface area contributed by atoms with Crippen LogP contribution in [0.1, 0.15) is 24.6 Å². The van der Waals surface area contributed by atoms with Gasteiger partial charge in [-0.3, -0.25) is 0 Å². The first-order valence-electron chi connectivity index (χ1n) is 5.22. The Morgan fingerprint density at radius 1 is 1.38 bits per heavy atom. The monoisotopic (exact) mass is 246 g/mol. The van der Waals surface area contributed by atoms with Gasteiger partial charge in [0.15, 0.2) is 5.82 Å². The standard InChI is InChI=1S/C9H14N2O4S/c12-6-9-10-8(11-15-9)5-7-1-3-16(13,14)4-2-7/h7,12H,1-6H2. The van der Waals surface area contributed by atoms with Gasteiger partial charge in [0.2, 0.25) is 0 Å². The molecule has 0 amide bonds. The molecule has 1 aliphatic rings. The molecule has 6 nitrogen and oxygen atoms in total. The number of aromatic nitrogens is 2. The maximum Gasteiger partial charge on any atom is 0.252 e. The van der Waals surface area contributed by atoms with Crippen LogP contribution in [0.3, 0.4) is 0 Å². The average Bonchev–Trinajstić information content (AvgIpc) is 2.69. The van der Waals surface area contributed by atoms with E-state index >= 15 is 0 Å². The van der Waals surface area contributed by atoms with Gasteiger partial charge in [0.05, 0.1) is 11.5 Å². The maximum atomic E-state index is 11.2. The van der Waals surface area contributed by atoms with E-state index in [1.54, 1.807) is 0 Å². The van der Waals surface area contributed by atoms with Crippen LogP contribution in [0.4, 0.5) is 0 Å². The molecule has 0 aromatic carbocycles. The van der Waals surface area contributed by atoms with Crippen molar-refractivity contribution >= 4 is 9.84 Å². The summed E-state index contributed by atoms with van der Waals surface area (Å²) in [7, 11) is -2.81. The Morgan fingerprint density at radius 2 is 2.06 bits per heavy atom. The van der Waals surface area contributed by atoms with Gasteiger partial charge in [0.25, 0.3) is 5.89 Å². The fourth-order valence-corrected chi connectivity index (χ4v) is 3.43. The molecule has 1 aromatic heterocycles. The van der Waals surface area contributed by atoms with E-state index < -0.39 is 9.84 Å². The highest BCUT2D eigenvalue weighted by Gasteiger charge is 2.24. The topological polar surface area (TPSA) is 93.3 Å². The van der Waals surface area contributed by atoms with Crippen molar-refractivity contribution in [2.45, 2.75) is 25.9 Å². The molecule has 0 unspecified atom stereocenters. The van der Waals surface area contributed by atoms with Crippen LogP contribution >= 0.6 is 0 Å². The minimum atomic E-state index is -2.81. The van der Waals surface area contributed by atoms with Gasteiger partial charge in [-0.2, -0.15) is 4.98 Å². The molecular formula is C9H14N2O4S. The summed E-state index contributed by atoms with van der Waals surface area (Å²) in [5.41, 5.74) is 0. The second kappa shape index (κ2) is 4.50. The van der Waals surface area contributed by atoms with Crippen molar-refractivity contribution in [2.75, 3.05) is 11.5 Å². The number of aliphatic hydroxyl groups is 1. The Bertz CT molecular complexity index is 440. The van der Waals surface area contributed by atoms with E-state index in [1.165, 1.54) is 0 Å². The summed E-state index contributed by atoms with van der Waals surface area (Å²) >= 11 is 0. The lowest BCUT2D eigenvalue weighted by Gasteiger charge is -2.20. The SMILES string of the molecule is O=S1(=O)CCC(Cc2noc(CO)n2)CC1. The van der Waals surface area contributed by atoms with E-state index in [0.29, 0.717) is 31.0 Å². The molecule has 2 heterocycles. The normalized spacial score (nSPS) is 21.1. The lowest BCUT2D eigenvalue weighted by molar-refractivity contribution is 0.222. The van der Waals surface area contributed by atoms with E-state index in [0.717, 1.165) is 0 Å². The molecule has 0 radical (unpaired) electrons. The summed E-state index contributed by atoms with van der Waals surface area (Å²) in [6.07, 6.45) is 1.94. The lowest BCUT2D eigenvalue weighted by atomic mass is 9.99.